The summed E-state index contributed by atoms with van der Waals surface area (Å²) in [4.78, 5) is 4.59. The second-order valence-corrected chi connectivity index (χ2v) is 6.33. The van der Waals surface area contributed by atoms with Gasteiger partial charge in [-0.15, -0.1) is 0 Å². The van der Waals surface area contributed by atoms with Gasteiger partial charge in [0.25, 0.3) is 0 Å². The largest absolute Gasteiger partial charge is 0.439 e. The Morgan fingerprint density at radius 3 is 2.37 bits per heavy atom. The van der Waals surface area contributed by atoms with Crippen molar-refractivity contribution in [1.82, 2.24) is 4.98 Å². The molecule has 1 aromatic heterocycles. The molecule has 0 bridgehead atoms. The number of rotatable bonds is 6. The molecule has 0 aliphatic rings. The molecule has 0 spiro atoms. The number of para-hydroxylation sites is 1. The third-order valence-corrected chi connectivity index (χ3v) is 4.30. The topological polar surface area (TPSA) is 60.2 Å². The van der Waals surface area contributed by atoms with Crippen LogP contribution in [0.1, 0.15) is 5.56 Å². The van der Waals surface area contributed by atoms with Crippen molar-refractivity contribution in [2.75, 3.05) is 11.9 Å². The van der Waals surface area contributed by atoms with Crippen molar-refractivity contribution in [3.63, 3.8) is 0 Å². The first-order chi connectivity index (χ1) is 13.3. The third-order valence-electron chi connectivity index (χ3n) is 4.30. The molecule has 0 amide bonds. The van der Waals surface area contributed by atoms with Crippen LogP contribution in [0.4, 0.5) is 11.4 Å². The van der Waals surface area contributed by atoms with Gasteiger partial charge in [-0.1, -0.05) is 24.3 Å². The molecule has 0 saturated heterocycles. The Morgan fingerprint density at radius 2 is 1.59 bits per heavy atom. The molecule has 134 valence electrons. The zero-order valence-electron chi connectivity index (χ0n) is 14.9. The van der Waals surface area contributed by atoms with Crippen molar-refractivity contribution >= 4 is 22.3 Å². The highest BCUT2D eigenvalue weighted by atomic mass is 16.5. The van der Waals surface area contributed by atoms with Crippen LogP contribution < -0.4 is 15.8 Å². The zero-order valence-corrected chi connectivity index (χ0v) is 14.9. The minimum atomic E-state index is 0.581. The summed E-state index contributed by atoms with van der Waals surface area (Å²) in [5, 5.41) is 4.45. The highest BCUT2D eigenvalue weighted by molar-refractivity contribution is 5.79. The van der Waals surface area contributed by atoms with Crippen LogP contribution in [0.25, 0.3) is 10.9 Å². The van der Waals surface area contributed by atoms with Crippen LogP contribution in [0.15, 0.2) is 84.9 Å². The Balaban J connectivity index is 1.47. The molecule has 1 heterocycles. The van der Waals surface area contributed by atoms with Crippen LogP contribution in [0.5, 0.6) is 11.6 Å². The molecule has 4 heteroatoms. The average Bonchev–Trinajstić information content (AvgIpc) is 2.71. The van der Waals surface area contributed by atoms with Crippen LogP contribution in [0.2, 0.25) is 0 Å². The fourth-order valence-electron chi connectivity index (χ4n) is 2.95. The molecule has 0 aliphatic heterocycles. The fourth-order valence-corrected chi connectivity index (χ4v) is 2.95. The van der Waals surface area contributed by atoms with E-state index in [1.54, 1.807) is 0 Å². The van der Waals surface area contributed by atoms with Crippen molar-refractivity contribution in [2.24, 2.45) is 5.73 Å². The maximum atomic E-state index is 5.91. The number of aromatic nitrogens is 1. The lowest BCUT2D eigenvalue weighted by molar-refractivity contribution is 0.465. The van der Waals surface area contributed by atoms with E-state index in [1.807, 2.05) is 72.8 Å². The number of nitrogens with two attached hydrogens (primary N) is 1. The van der Waals surface area contributed by atoms with Gasteiger partial charge in [0.1, 0.15) is 5.75 Å². The normalized spacial score (nSPS) is 10.7. The molecule has 0 atom stereocenters. The molecule has 3 N–H and O–H groups in total. The van der Waals surface area contributed by atoms with Gasteiger partial charge in [-0.2, -0.15) is 0 Å². The molecular formula is C23H21N3O. The monoisotopic (exact) mass is 355 g/mol. The number of hydrogen-bond acceptors (Lipinski definition) is 4. The molecule has 27 heavy (non-hydrogen) atoms. The van der Waals surface area contributed by atoms with Gasteiger partial charge in [-0.25, -0.2) is 4.98 Å². The molecular weight excluding hydrogens is 334 g/mol. The first-order valence-corrected chi connectivity index (χ1v) is 9.00. The summed E-state index contributed by atoms with van der Waals surface area (Å²) in [6, 6.07) is 28.0. The fraction of sp³-hybridized carbons (Fsp3) is 0.0870. The number of benzene rings is 3. The van der Waals surface area contributed by atoms with E-state index in [4.69, 9.17) is 10.5 Å². The zero-order chi connectivity index (χ0) is 18.5. The minimum Gasteiger partial charge on any atom is -0.439 e. The van der Waals surface area contributed by atoms with E-state index < -0.39 is 0 Å². The van der Waals surface area contributed by atoms with Gasteiger partial charge in [-0.05, 0) is 73.1 Å². The summed E-state index contributed by atoms with van der Waals surface area (Å²) in [6.07, 6.45) is 0.873. The molecule has 0 aliphatic carbocycles. The van der Waals surface area contributed by atoms with Gasteiger partial charge < -0.3 is 15.8 Å². The molecule has 3 aromatic carbocycles. The number of nitrogens with zero attached hydrogens (tertiary/aromatic N) is 1. The molecule has 0 fully saturated rings. The molecule has 4 rings (SSSR count). The molecule has 4 nitrogen and oxygen atoms in total. The van der Waals surface area contributed by atoms with Crippen LogP contribution in [0.3, 0.4) is 0 Å². The molecule has 4 aromatic rings. The van der Waals surface area contributed by atoms with Crippen LogP contribution in [-0.4, -0.2) is 11.5 Å². The van der Waals surface area contributed by atoms with Crippen LogP contribution in [-0.2, 0) is 6.42 Å². The van der Waals surface area contributed by atoms with Crippen molar-refractivity contribution in [1.29, 1.82) is 0 Å². The first-order valence-electron chi connectivity index (χ1n) is 9.00. The summed E-state index contributed by atoms with van der Waals surface area (Å²) in [7, 11) is 0. The van der Waals surface area contributed by atoms with Crippen molar-refractivity contribution < 1.29 is 4.74 Å². The van der Waals surface area contributed by atoms with E-state index in [2.05, 4.69) is 22.4 Å². The summed E-state index contributed by atoms with van der Waals surface area (Å²) in [6.45, 7) is 0.648. The summed E-state index contributed by atoms with van der Waals surface area (Å²) in [5.41, 5.74) is 9.82. The van der Waals surface area contributed by atoms with Crippen molar-refractivity contribution in [2.45, 2.75) is 6.42 Å². The third kappa shape index (κ3) is 4.25. The Bertz CT molecular complexity index is 1030. The van der Waals surface area contributed by atoms with Crippen molar-refractivity contribution in [3.8, 4) is 11.6 Å². The number of hydrogen-bond donors (Lipinski definition) is 2. The van der Waals surface area contributed by atoms with E-state index in [-0.39, 0.29) is 0 Å². The maximum Gasteiger partial charge on any atom is 0.219 e. The van der Waals surface area contributed by atoms with Gasteiger partial charge in [-0.3, -0.25) is 0 Å². The molecule has 0 radical (unpaired) electrons. The SMILES string of the molecule is NCCc1ccc2nc(Oc3ccc(Nc4ccccc4)cc3)ccc2c1. The summed E-state index contributed by atoms with van der Waals surface area (Å²) >= 11 is 0. The number of nitrogens with one attached hydrogen (secondary N) is 1. The number of pyridine rings is 1. The highest BCUT2D eigenvalue weighted by Gasteiger charge is 2.03. The summed E-state index contributed by atoms with van der Waals surface area (Å²) < 4.78 is 5.91. The van der Waals surface area contributed by atoms with E-state index in [0.29, 0.717) is 12.4 Å². The highest BCUT2D eigenvalue weighted by Crippen LogP contribution is 2.25. The molecule has 0 saturated carbocycles. The van der Waals surface area contributed by atoms with Crippen LogP contribution >= 0.6 is 0 Å². The lowest BCUT2D eigenvalue weighted by Crippen LogP contribution is -2.02. The number of ether oxygens (including phenoxy) is 1. The predicted molar refractivity (Wildman–Crippen MR) is 111 cm³/mol. The maximum absolute atomic E-state index is 5.91. The van der Waals surface area contributed by atoms with Gasteiger partial charge in [0.15, 0.2) is 0 Å². The van der Waals surface area contributed by atoms with Gasteiger partial charge in [0.05, 0.1) is 5.52 Å². The van der Waals surface area contributed by atoms with E-state index in [9.17, 15) is 0 Å². The van der Waals surface area contributed by atoms with E-state index >= 15 is 0 Å². The number of fused-ring (bicyclic) bond motifs is 1. The van der Waals surface area contributed by atoms with Crippen LogP contribution in [0, 0.1) is 0 Å². The van der Waals surface area contributed by atoms with E-state index in [0.717, 1.165) is 34.4 Å². The van der Waals surface area contributed by atoms with Gasteiger partial charge in [0, 0.05) is 22.8 Å². The Kier molecular flexibility index (Phi) is 4.99. The Hall–Kier alpha value is -3.37. The average molecular weight is 355 g/mol. The smallest absolute Gasteiger partial charge is 0.219 e. The predicted octanol–water partition coefficient (Wildman–Crippen LogP) is 5.27. The first kappa shape index (κ1) is 17.1. The Morgan fingerprint density at radius 1 is 0.815 bits per heavy atom. The molecule has 0 unspecified atom stereocenters. The lowest BCUT2D eigenvalue weighted by atomic mass is 10.1. The summed E-state index contributed by atoms with van der Waals surface area (Å²) in [5.74, 6) is 1.33. The lowest BCUT2D eigenvalue weighted by Gasteiger charge is -2.09. The van der Waals surface area contributed by atoms with Crippen molar-refractivity contribution in [3.05, 3.63) is 90.5 Å². The van der Waals surface area contributed by atoms with E-state index in [1.165, 1.54) is 5.56 Å². The Labute approximate surface area is 158 Å². The quantitative estimate of drug-likeness (QED) is 0.494. The second kappa shape index (κ2) is 7.89. The van der Waals surface area contributed by atoms with Gasteiger partial charge in [0.2, 0.25) is 5.88 Å². The standard InChI is InChI=1S/C23H21N3O/c24-15-14-17-6-12-22-18(16-17)7-13-23(26-22)27-21-10-8-20(9-11-21)25-19-4-2-1-3-5-19/h1-13,16,25H,14-15,24H2. The second-order valence-electron chi connectivity index (χ2n) is 6.33. The number of anilines is 2. The van der Waals surface area contributed by atoms with Gasteiger partial charge >= 0.3 is 0 Å². The minimum absolute atomic E-state index is 0.581.